The Hall–Kier alpha value is -0.390. The number of rotatable bonds is 11. The highest BCUT2D eigenvalue weighted by Gasteiger charge is 2.03. The molecule has 0 heterocycles. The van der Waals surface area contributed by atoms with E-state index in [4.69, 9.17) is 0 Å². The molecule has 0 saturated heterocycles. The minimum atomic E-state index is 0.486. The maximum atomic E-state index is 10.4. The molecule has 4 nitrogen and oxygen atoms in total. The summed E-state index contributed by atoms with van der Waals surface area (Å²) in [7, 11) is 1.93. The fourth-order valence-corrected chi connectivity index (χ4v) is 2.24. The molecular formula is C11H22N2O2S. The van der Waals surface area contributed by atoms with Crippen molar-refractivity contribution in [1.29, 1.82) is 0 Å². The minimum absolute atomic E-state index is 0.486. The van der Waals surface area contributed by atoms with Crippen LogP contribution in [0.3, 0.4) is 0 Å². The van der Waals surface area contributed by atoms with Crippen LogP contribution in [0.5, 0.6) is 0 Å². The van der Waals surface area contributed by atoms with Gasteiger partial charge in [0.15, 0.2) is 0 Å². The summed E-state index contributed by atoms with van der Waals surface area (Å²) in [5.74, 6) is 1.86. The lowest BCUT2D eigenvalue weighted by atomic mass is 10.4. The summed E-state index contributed by atoms with van der Waals surface area (Å²) in [5, 5.41) is 0. The first-order valence-electron chi connectivity index (χ1n) is 5.60. The van der Waals surface area contributed by atoms with E-state index in [1.165, 1.54) is 0 Å². The molecule has 0 atom stereocenters. The molecule has 0 aromatic rings. The van der Waals surface area contributed by atoms with Gasteiger partial charge in [-0.2, -0.15) is 0 Å². The zero-order valence-corrected chi connectivity index (χ0v) is 11.0. The van der Waals surface area contributed by atoms with Crippen molar-refractivity contribution in [1.82, 2.24) is 9.80 Å². The number of carbonyl (C=O) groups is 2. The molecule has 0 unspecified atom stereocenters. The Balaban J connectivity index is 3.52. The fraction of sp³-hybridized carbons (Fsp3) is 0.818. The normalized spacial score (nSPS) is 11.0. The Labute approximate surface area is 102 Å². The van der Waals surface area contributed by atoms with Crippen molar-refractivity contribution >= 4 is 24.3 Å². The first-order chi connectivity index (χ1) is 7.74. The molecule has 0 amide bonds. The van der Waals surface area contributed by atoms with Gasteiger partial charge < -0.3 is 9.59 Å². The average molecular weight is 246 g/mol. The number of thioether (sulfide) groups is 1. The van der Waals surface area contributed by atoms with E-state index in [2.05, 4.69) is 11.8 Å². The van der Waals surface area contributed by atoms with Crippen LogP contribution in [0.25, 0.3) is 0 Å². The minimum Gasteiger partial charge on any atom is -0.302 e. The smallest absolute Gasteiger partial charge is 0.133 e. The molecule has 0 aromatic carbocycles. The van der Waals surface area contributed by atoms with E-state index in [0.29, 0.717) is 13.1 Å². The van der Waals surface area contributed by atoms with Gasteiger partial charge in [0.25, 0.3) is 0 Å². The topological polar surface area (TPSA) is 40.6 Å². The molecule has 0 aliphatic rings. The summed E-state index contributed by atoms with van der Waals surface area (Å²) in [6.45, 7) is 5.04. The van der Waals surface area contributed by atoms with E-state index in [1.54, 1.807) is 11.8 Å². The maximum absolute atomic E-state index is 10.4. The summed E-state index contributed by atoms with van der Waals surface area (Å²) in [6, 6.07) is 0. The highest BCUT2D eigenvalue weighted by Crippen LogP contribution is 2.03. The van der Waals surface area contributed by atoms with Gasteiger partial charge in [0.1, 0.15) is 12.6 Å². The quantitative estimate of drug-likeness (QED) is 0.305. The van der Waals surface area contributed by atoms with Gasteiger partial charge in [-0.25, -0.2) is 0 Å². The monoisotopic (exact) mass is 246 g/mol. The Morgan fingerprint density at radius 3 is 2.38 bits per heavy atom. The van der Waals surface area contributed by atoms with Crippen LogP contribution in [0.2, 0.25) is 0 Å². The van der Waals surface area contributed by atoms with Gasteiger partial charge >= 0.3 is 0 Å². The first kappa shape index (κ1) is 15.6. The molecule has 0 N–H and O–H groups in total. The Bertz CT molecular complexity index is 191. The predicted molar refractivity (Wildman–Crippen MR) is 68.8 cm³/mol. The molecule has 0 saturated carbocycles. The highest BCUT2D eigenvalue weighted by atomic mass is 32.2. The van der Waals surface area contributed by atoms with E-state index in [9.17, 15) is 9.59 Å². The van der Waals surface area contributed by atoms with Gasteiger partial charge in [-0.05, 0) is 20.0 Å². The molecule has 0 rings (SSSR count). The van der Waals surface area contributed by atoms with Crippen LogP contribution < -0.4 is 0 Å². The molecule has 0 aliphatic carbocycles. The van der Waals surface area contributed by atoms with Crippen molar-refractivity contribution in [2.45, 2.75) is 13.3 Å². The van der Waals surface area contributed by atoms with Crippen LogP contribution in [0.4, 0.5) is 0 Å². The zero-order chi connectivity index (χ0) is 12.2. The van der Waals surface area contributed by atoms with Crippen LogP contribution in [-0.2, 0) is 9.59 Å². The van der Waals surface area contributed by atoms with Gasteiger partial charge in [-0.1, -0.05) is 6.92 Å². The van der Waals surface area contributed by atoms with Gasteiger partial charge in [-0.15, -0.1) is 11.8 Å². The van der Waals surface area contributed by atoms with Crippen LogP contribution in [0.1, 0.15) is 13.3 Å². The van der Waals surface area contributed by atoms with Crippen molar-refractivity contribution in [3.8, 4) is 0 Å². The Morgan fingerprint density at radius 2 is 1.81 bits per heavy atom. The molecular weight excluding hydrogens is 224 g/mol. The largest absolute Gasteiger partial charge is 0.302 e. The SMILES string of the molecule is CCCN(CC=O)CCSCN(C)CC=O. The first-order valence-corrected chi connectivity index (χ1v) is 6.76. The van der Waals surface area contributed by atoms with Crippen LogP contribution in [-0.4, -0.2) is 67.2 Å². The predicted octanol–water partition coefficient (Wildman–Crippen LogP) is 0.719. The van der Waals surface area contributed by atoms with Gasteiger partial charge in [0.2, 0.25) is 0 Å². The Kier molecular flexibility index (Phi) is 10.8. The van der Waals surface area contributed by atoms with E-state index < -0.39 is 0 Å². The molecule has 5 heteroatoms. The molecule has 0 bridgehead atoms. The van der Waals surface area contributed by atoms with Crippen LogP contribution in [0.15, 0.2) is 0 Å². The molecule has 0 fully saturated rings. The van der Waals surface area contributed by atoms with Crippen molar-refractivity contribution in [3.05, 3.63) is 0 Å². The summed E-state index contributed by atoms with van der Waals surface area (Å²) < 4.78 is 0. The summed E-state index contributed by atoms with van der Waals surface area (Å²) in [4.78, 5) is 24.8. The van der Waals surface area contributed by atoms with Crippen molar-refractivity contribution < 1.29 is 9.59 Å². The van der Waals surface area contributed by atoms with Gasteiger partial charge in [0, 0.05) is 18.2 Å². The van der Waals surface area contributed by atoms with Crippen molar-refractivity contribution in [3.63, 3.8) is 0 Å². The summed E-state index contributed by atoms with van der Waals surface area (Å²) in [6.07, 6.45) is 2.94. The molecule has 0 aromatic heterocycles. The fourth-order valence-electron chi connectivity index (χ4n) is 1.31. The third kappa shape index (κ3) is 8.88. The molecule has 0 aliphatic heterocycles. The second-order valence-corrected chi connectivity index (χ2v) is 4.78. The summed E-state index contributed by atoms with van der Waals surface area (Å²) in [5.41, 5.74) is 0. The van der Waals surface area contributed by atoms with Crippen LogP contribution >= 0.6 is 11.8 Å². The third-order valence-corrected chi connectivity index (χ3v) is 3.22. The van der Waals surface area contributed by atoms with E-state index in [1.807, 2.05) is 11.9 Å². The highest BCUT2D eigenvalue weighted by molar-refractivity contribution is 7.99. The summed E-state index contributed by atoms with van der Waals surface area (Å²) >= 11 is 1.79. The van der Waals surface area contributed by atoms with Crippen molar-refractivity contribution in [2.24, 2.45) is 0 Å². The standard InChI is InChI=1S/C11H22N2O2S/c1-3-4-13(6-9-15)7-10-16-11-12(2)5-8-14/h8-9H,3-7,10-11H2,1-2H3. The van der Waals surface area contributed by atoms with E-state index >= 15 is 0 Å². The Morgan fingerprint density at radius 1 is 1.12 bits per heavy atom. The molecule has 0 spiro atoms. The average Bonchev–Trinajstić information content (AvgIpc) is 2.25. The van der Waals surface area contributed by atoms with Gasteiger partial charge in [-0.3, -0.25) is 9.80 Å². The second-order valence-electron chi connectivity index (χ2n) is 3.71. The second kappa shape index (κ2) is 11.1. The molecule has 0 radical (unpaired) electrons. The molecule has 94 valence electrons. The van der Waals surface area contributed by atoms with Gasteiger partial charge in [0.05, 0.1) is 13.1 Å². The number of aldehydes is 2. The van der Waals surface area contributed by atoms with E-state index in [-0.39, 0.29) is 0 Å². The lowest BCUT2D eigenvalue weighted by Gasteiger charge is -2.19. The lowest BCUT2D eigenvalue weighted by Crippen LogP contribution is -2.29. The number of hydrogen-bond donors (Lipinski definition) is 0. The third-order valence-electron chi connectivity index (χ3n) is 2.12. The number of nitrogens with zero attached hydrogens (tertiary/aromatic N) is 2. The molecule has 16 heavy (non-hydrogen) atoms. The number of likely N-dealkylation sites (N-methyl/N-ethyl adjacent to an activating group) is 1. The zero-order valence-electron chi connectivity index (χ0n) is 10.2. The number of hydrogen-bond acceptors (Lipinski definition) is 5. The van der Waals surface area contributed by atoms with Crippen molar-refractivity contribution in [2.75, 3.05) is 44.9 Å². The van der Waals surface area contributed by atoms with Crippen LogP contribution in [0, 0.1) is 0 Å². The maximum Gasteiger partial charge on any atom is 0.133 e. The lowest BCUT2D eigenvalue weighted by molar-refractivity contribution is -0.109. The number of carbonyl (C=O) groups excluding carboxylic acids is 2. The van der Waals surface area contributed by atoms with E-state index in [0.717, 1.165) is 43.7 Å².